The predicted molar refractivity (Wildman–Crippen MR) is 169 cm³/mol. The minimum absolute atomic E-state index is 1.06. The molecule has 0 radical (unpaired) electrons. The van der Waals surface area contributed by atoms with Crippen molar-refractivity contribution in [1.82, 2.24) is 0 Å². The van der Waals surface area contributed by atoms with Crippen molar-refractivity contribution < 1.29 is 0 Å². The molecule has 0 saturated carbocycles. The molecule has 0 unspecified atom stereocenters. The Morgan fingerprint density at radius 3 is 0.947 bits per heavy atom. The standard InChI is InChI=1S/C36H24Br2/c37-31-19-21-33(29-15-11-27(12-16-29)25-7-3-1-4-8-25)35(23-31)36-24-32(38)20-22-34(36)30-17-13-28(14-18-30)26-9-5-2-6-10-26/h1-24H. The van der Waals surface area contributed by atoms with Crippen molar-refractivity contribution in [3.63, 3.8) is 0 Å². The Morgan fingerprint density at radius 1 is 0.263 bits per heavy atom. The highest BCUT2D eigenvalue weighted by atomic mass is 79.9. The summed E-state index contributed by atoms with van der Waals surface area (Å²) in [7, 11) is 0. The van der Waals surface area contributed by atoms with Crippen LogP contribution in [0.5, 0.6) is 0 Å². The van der Waals surface area contributed by atoms with Gasteiger partial charge in [0, 0.05) is 8.95 Å². The summed E-state index contributed by atoms with van der Waals surface area (Å²) in [5.74, 6) is 0. The minimum Gasteiger partial charge on any atom is -0.0622 e. The van der Waals surface area contributed by atoms with Crippen molar-refractivity contribution in [2.45, 2.75) is 0 Å². The predicted octanol–water partition coefficient (Wildman–Crippen LogP) is 11.5. The molecule has 0 spiro atoms. The van der Waals surface area contributed by atoms with Crippen LogP contribution in [0, 0.1) is 0 Å². The molecule has 0 amide bonds. The fourth-order valence-corrected chi connectivity index (χ4v) is 5.65. The van der Waals surface area contributed by atoms with Crippen molar-refractivity contribution in [2.24, 2.45) is 0 Å². The first-order valence-electron chi connectivity index (χ1n) is 12.6. The lowest BCUT2D eigenvalue weighted by Crippen LogP contribution is -1.91. The van der Waals surface area contributed by atoms with Crippen LogP contribution >= 0.6 is 31.9 Å². The summed E-state index contributed by atoms with van der Waals surface area (Å²) in [6.45, 7) is 0. The molecule has 0 aliphatic carbocycles. The van der Waals surface area contributed by atoms with Gasteiger partial charge in [0.15, 0.2) is 0 Å². The monoisotopic (exact) mass is 614 g/mol. The molecule has 0 saturated heterocycles. The summed E-state index contributed by atoms with van der Waals surface area (Å²) in [4.78, 5) is 0. The van der Waals surface area contributed by atoms with Gasteiger partial charge in [-0.2, -0.15) is 0 Å². The molecule has 6 rings (SSSR count). The van der Waals surface area contributed by atoms with E-state index in [0.29, 0.717) is 0 Å². The quantitative estimate of drug-likeness (QED) is 0.181. The molecule has 0 nitrogen and oxygen atoms in total. The Kier molecular flexibility index (Phi) is 7.09. The highest BCUT2D eigenvalue weighted by Gasteiger charge is 2.15. The first-order valence-corrected chi connectivity index (χ1v) is 14.2. The second-order valence-electron chi connectivity index (χ2n) is 9.27. The van der Waals surface area contributed by atoms with Crippen LogP contribution in [0.15, 0.2) is 155 Å². The van der Waals surface area contributed by atoms with Crippen LogP contribution < -0.4 is 0 Å². The lowest BCUT2D eigenvalue weighted by atomic mass is 9.88. The molecular weight excluding hydrogens is 592 g/mol. The lowest BCUT2D eigenvalue weighted by Gasteiger charge is -2.17. The van der Waals surface area contributed by atoms with Crippen LogP contribution in [-0.4, -0.2) is 0 Å². The Hall–Kier alpha value is -3.72. The summed E-state index contributed by atoms with van der Waals surface area (Å²) < 4.78 is 2.12. The van der Waals surface area contributed by atoms with E-state index in [0.717, 1.165) is 8.95 Å². The molecule has 0 aliphatic heterocycles. The highest BCUT2D eigenvalue weighted by molar-refractivity contribution is 9.10. The zero-order valence-electron chi connectivity index (χ0n) is 20.6. The molecule has 0 atom stereocenters. The van der Waals surface area contributed by atoms with Crippen molar-refractivity contribution in [3.05, 3.63) is 155 Å². The summed E-state index contributed by atoms with van der Waals surface area (Å²) in [5, 5.41) is 0. The first-order chi connectivity index (χ1) is 18.7. The second-order valence-corrected chi connectivity index (χ2v) is 11.1. The van der Waals surface area contributed by atoms with E-state index in [2.05, 4.69) is 177 Å². The molecular formula is C36H24Br2. The maximum atomic E-state index is 3.73. The van der Waals surface area contributed by atoms with Gasteiger partial charge in [-0.3, -0.25) is 0 Å². The zero-order valence-corrected chi connectivity index (χ0v) is 23.8. The average Bonchev–Trinajstić information content (AvgIpc) is 2.98. The summed E-state index contributed by atoms with van der Waals surface area (Å²) in [5.41, 5.74) is 12.1. The van der Waals surface area contributed by atoms with E-state index in [9.17, 15) is 0 Å². The van der Waals surface area contributed by atoms with E-state index in [4.69, 9.17) is 0 Å². The van der Waals surface area contributed by atoms with Gasteiger partial charge < -0.3 is 0 Å². The van der Waals surface area contributed by atoms with Crippen LogP contribution in [0.4, 0.5) is 0 Å². The largest absolute Gasteiger partial charge is 0.0622 e. The van der Waals surface area contributed by atoms with Gasteiger partial charge in [0.2, 0.25) is 0 Å². The Morgan fingerprint density at radius 2 is 0.579 bits per heavy atom. The lowest BCUT2D eigenvalue weighted by molar-refractivity contribution is 1.53. The van der Waals surface area contributed by atoms with E-state index >= 15 is 0 Å². The Labute approximate surface area is 240 Å². The molecule has 0 heterocycles. The smallest absolute Gasteiger partial charge is 0.0181 e. The average molecular weight is 616 g/mol. The van der Waals surface area contributed by atoms with Crippen LogP contribution in [0.3, 0.4) is 0 Å². The number of hydrogen-bond acceptors (Lipinski definition) is 0. The van der Waals surface area contributed by atoms with E-state index in [1.165, 1.54) is 55.6 Å². The van der Waals surface area contributed by atoms with Gasteiger partial charge in [-0.1, -0.05) is 153 Å². The van der Waals surface area contributed by atoms with Gasteiger partial charge in [0.1, 0.15) is 0 Å². The van der Waals surface area contributed by atoms with Crippen LogP contribution in [0.25, 0.3) is 55.6 Å². The van der Waals surface area contributed by atoms with E-state index in [1.807, 2.05) is 0 Å². The number of rotatable bonds is 5. The molecule has 0 N–H and O–H groups in total. The van der Waals surface area contributed by atoms with Crippen LogP contribution in [0.1, 0.15) is 0 Å². The fraction of sp³-hybridized carbons (Fsp3) is 0. The maximum Gasteiger partial charge on any atom is 0.0181 e. The van der Waals surface area contributed by atoms with Gasteiger partial charge in [-0.15, -0.1) is 0 Å². The van der Waals surface area contributed by atoms with E-state index in [-0.39, 0.29) is 0 Å². The fourth-order valence-electron chi connectivity index (χ4n) is 4.93. The van der Waals surface area contributed by atoms with Crippen molar-refractivity contribution in [2.75, 3.05) is 0 Å². The normalized spacial score (nSPS) is 10.9. The molecule has 0 fully saturated rings. The van der Waals surface area contributed by atoms with E-state index < -0.39 is 0 Å². The molecule has 0 aromatic heterocycles. The summed E-state index contributed by atoms with van der Waals surface area (Å²) in [6, 6.07) is 51.9. The third-order valence-electron chi connectivity index (χ3n) is 6.86. The van der Waals surface area contributed by atoms with Gasteiger partial charge in [-0.25, -0.2) is 0 Å². The molecule has 6 aromatic rings. The van der Waals surface area contributed by atoms with Gasteiger partial charge in [0.25, 0.3) is 0 Å². The Balaban J connectivity index is 1.44. The highest BCUT2D eigenvalue weighted by Crippen LogP contribution is 2.41. The SMILES string of the molecule is Brc1ccc(-c2ccc(-c3ccccc3)cc2)c(-c2cc(Br)ccc2-c2ccc(-c3ccccc3)cc2)c1. The molecule has 182 valence electrons. The molecule has 6 aromatic carbocycles. The van der Waals surface area contributed by atoms with Crippen molar-refractivity contribution >= 4 is 31.9 Å². The summed E-state index contributed by atoms with van der Waals surface area (Å²) >= 11 is 7.46. The molecule has 0 aliphatic rings. The molecule has 0 bridgehead atoms. The van der Waals surface area contributed by atoms with Crippen molar-refractivity contribution in [1.29, 1.82) is 0 Å². The topological polar surface area (TPSA) is 0 Å². The first kappa shape index (κ1) is 24.6. The molecule has 38 heavy (non-hydrogen) atoms. The third kappa shape index (κ3) is 5.15. The van der Waals surface area contributed by atoms with Crippen LogP contribution in [0.2, 0.25) is 0 Å². The number of halogens is 2. The minimum atomic E-state index is 1.06. The second kappa shape index (κ2) is 10.9. The van der Waals surface area contributed by atoms with Crippen molar-refractivity contribution in [3.8, 4) is 55.6 Å². The number of benzene rings is 6. The molecule has 2 heteroatoms. The van der Waals surface area contributed by atoms with E-state index in [1.54, 1.807) is 0 Å². The number of hydrogen-bond donors (Lipinski definition) is 0. The zero-order chi connectivity index (χ0) is 25.9. The maximum absolute atomic E-state index is 3.73. The van der Waals surface area contributed by atoms with Gasteiger partial charge >= 0.3 is 0 Å². The van der Waals surface area contributed by atoms with Gasteiger partial charge in [0.05, 0.1) is 0 Å². The van der Waals surface area contributed by atoms with Crippen LogP contribution in [-0.2, 0) is 0 Å². The summed E-state index contributed by atoms with van der Waals surface area (Å²) in [6.07, 6.45) is 0. The Bertz CT molecular complexity index is 1560. The third-order valence-corrected chi connectivity index (χ3v) is 7.85. The van der Waals surface area contributed by atoms with Gasteiger partial charge in [-0.05, 0) is 79.9 Å².